The Hall–Kier alpha value is -2.64. The van der Waals surface area contributed by atoms with Gasteiger partial charge in [0.2, 0.25) is 5.91 Å². The molecule has 3 unspecified atom stereocenters. The number of carboxylic acid groups (broad SMARTS) is 1. The molecule has 2 aromatic rings. The van der Waals surface area contributed by atoms with Gasteiger partial charge in [-0.15, -0.1) is 0 Å². The number of likely N-dealkylation sites (tertiary alicyclic amines) is 1. The van der Waals surface area contributed by atoms with E-state index >= 15 is 0 Å². The van der Waals surface area contributed by atoms with E-state index < -0.39 is 17.9 Å². The fraction of sp³-hybridized carbons (Fsp3) is 0.529. The lowest BCUT2D eigenvalue weighted by Crippen LogP contribution is -2.47. The predicted octanol–water partition coefficient (Wildman–Crippen LogP) is 1.32. The summed E-state index contributed by atoms with van der Waals surface area (Å²) in [5.41, 5.74) is 0.772. The largest absolute Gasteiger partial charge is 0.481 e. The fourth-order valence-corrected chi connectivity index (χ4v) is 3.55. The fourth-order valence-electron chi connectivity index (χ4n) is 3.55. The van der Waals surface area contributed by atoms with Crippen LogP contribution < -0.4 is 0 Å². The van der Waals surface area contributed by atoms with E-state index in [9.17, 15) is 14.7 Å². The first kappa shape index (κ1) is 17.2. The highest BCUT2D eigenvalue weighted by molar-refractivity contribution is 5.81. The standard InChI is InChI=1S/C17H23N5O3/c1-12(9-21-7-3-6-18-21)10-22-15(23)5-4-14(17(24)25)16(22)13-8-19-20(2)11-13/h3,6-8,11-12,14,16H,4-5,9-10H2,1-2H3,(H,24,25). The summed E-state index contributed by atoms with van der Waals surface area (Å²) in [5, 5.41) is 18.0. The SMILES string of the molecule is CC(CN1C(=O)CCC(C(=O)O)C1c1cnn(C)c1)Cn1cccn1. The first-order chi connectivity index (χ1) is 12.0. The van der Waals surface area contributed by atoms with Crippen LogP contribution in [0.1, 0.15) is 31.4 Å². The van der Waals surface area contributed by atoms with Crippen molar-refractivity contribution in [1.29, 1.82) is 0 Å². The molecular formula is C17H23N5O3. The van der Waals surface area contributed by atoms with Gasteiger partial charge in [-0.25, -0.2) is 0 Å². The average Bonchev–Trinajstić information content (AvgIpc) is 3.20. The molecule has 134 valence electrons. The van der Waals surface area contributed by atoms with E-state index in [0.717, 1.165) is 5.56 Å². The van der Waals surface area contributed by atoms with E-state index in [4.69, 9.17) is 0 Å². The molecule has 25 heavy (non-hydrogen) atoms. The zero-order valence-corrected chi connectivity index (χ0v) is 14.4. The van der Waals surface area contributed by atoms with E-state index in [1.165, 1.54) is 0 Å². The van der Waals surface area contributed by atoms with Crippen LogP contribution in [0, 0.1) is 11.8 Å². The van der Waals surface area contributed by atoms with Crippen LogP contribution in [-0.4, -0.2) is 48.0 Å². The molecule has 0 aromatic carbocycles. The second-order valence-electron chi connectivity index (χ2n) is 6.75. The number of carbonyl (C=O) groups excluding carboxylic acids is 1. The van der Waals surface area contributed by atoms with Gasteiger partial charge in [-0.05, 0) is 18.4 Å². The number of piperidine rings is 1. The minimum atomic E-state index is -0.869. The lowest BCUT2D eigenvalue weighted by Gasteiger charge is -2.40. The van der Waals surface area contributed by atoms with Gasteiger partial charge in [-0.2, -0.15) is 10.2 Å². The number of nitrogens with zero attached hydrogens (tertiary/aromatic N) is 5. The molecule has 3 rings (SSSR count). The summed E-state index contributed by atoms with van der Waals surface area (Å²) in [6.07, 6.45) is 7.68. The average molecular weight is 345 g/mol. The van der Waals surface area contributed by atoms with Gasteiger partial charge < -0.3 is 10.0 Å². The quantitative estimate of drug-likeness (QED) is 0.852. The monoisotopic (exact) mass is 345 g/mol. The summed E-state index contributed by atoms with van der Waals surface area (Å²) < 4.78 is 3.46. The summed E-state index contributed by atoms with van der Waals surface area (Å²) >= 11 is 0. The number of aryl methyl sites for hydroxylation is 1. The van der Waals surface area contributed by atoms with Crippen LogP contribution >= 0.6 is 0 Å². The van der Waals surface area contributed by atoms with Gasteiger partial charge in [0, 0.05) is 50.7 Å². The highest BCUT2D eigenvalue weighted by Gasteiger charge is 2.41. The zero-order valence-electron chi connectivity index (χ0n) is 14.4. The van der Waals surface area contributed by atoms with E-state index in [1.54, 1.807) is 35.2 Å². The third-order valence-corrected chi connectivity index (χ3v) is 4.66. The Bertz CT molecular complexity index is 739. The highest BCUT2D eigenvalue weighted by atomic mass is 16.4. The molecule has 1 amide bonds. The molecule has 1 fully saturated rings. The Kier molecular flexibility index (Phi) is 4.87. The number of hydrogen-bond donors (Lipinski definition) is 1. The third kappa shape index (κ3) is 3.72. The highest BCUT2D eigenvalue weighted by Crippen LogP contribution is 2.37. The topological polar surface area (TPSA) is 93.3 Å². The first-order valence-electron chi connectivity index (χ1n) is 8.44. The number of aliphatic carboxylic acids is 1. The Balaban J connectivity index is 1.83. The van der Waals surface area contributed by atoms with Crippen molar-refractivity contribution in [2.24, 2.45) is 18.9 Å². The number of carboxylic acids is 1. The van der Waals surface area contributed by atoms with Crippen LogP contribution in [0.3, 0.4) is 0 Å². The van der Waals surface area contributed by atoms with Crippen LogP contribution in [0.5, 0.6) is 0 Å². The Morgan fingerprint density at radius 2 is 2.20 bits per heavy atom. The molecular weight excluding hydrogens is 322 g/mol. The summed E-state index contributed by atoms with van der Waals surface area (Å²) in [5.74, 6) is -1.33. The maximum atomic E-state index is 12.6. The molecule has 1 aliphatic rings. The molecule has 0 spiro atoms. The Morgan fingerprint density at radius 1 is 1.40 bits per heavy atom. The van der Waals surface area contributed by atoms with Crippen molar-refractivity contribution >= 4 is 11.9 Å². The maximum Gasteiger partial charge on any atom is 0.308 e. The van der Waals surface area contributed by atoms with Crippen molar-refractivity contribution in [2.75, 3.05) is 6.54 Å². The summed E-state index contributed by atoms with van der Waals surface area (Å²) in [7, 11) is 1.79. The summed E-state index contributed by atoms with van der Waals surface area (Å²) in [6, 6.07) is 1.38. The summed E-state index contributed by atoms with van der Waals surface area (Å²) in [6.45, 7) is 3.20. The van der Waals surface area contributed by atoms with E-state index in [1.807, 2.05) is 23.9 Å². The van der Waals surface area contributed by atoms with Gasteiger partial charge in [-0.3, -0.25) is 19.0 Å². The van der Waals surface area contributed by atoms with Gasteiger partial charge in [0.25, 0.3) is 0 Å². The third-order valence-electron chi connectivity index (χ3n) is 4.66. The molecule has 1 aliphatic heterocycles. The van der Waals surface area contributed by atoms with Crippen molar-refractivity contribution in [3.8, 4) is 0 Å². The number of amides is 1. The molecule has 0 radical (unpaired) electrons. The van der Waals surface area contributed by atoms with E-state index in [-0.39, 0.29) is 18.2 Å². The van der Waals surface area contributed by atoms with Crippen LogP contribution in [0.25, 0.3) is 0 Å². The molecule has 8 heteroatoms. The maximum absolute atomic E-state index is 12.6. The molecule has 0 bridgehead atoms. The van der Waals surface area contributed by atoms with E-state index in [0.29, 0.717) is 19.5 Å². The number of hydrogen-bond acceptors (Lipinski definition) is 4. The number of rotatable bonds is 6. The molecule has 0 saturated carbocycles. The minimum absolute atomic E-state index is 0.00123. The van der Waals surface area contributed by atoms with Crippen LogP contribution in [-0.2, 0) is 23.2 Å². The van der Waals surface area contributed by atoms with Crippen molar-refractivity contribution in [2.45, 2.75) is 32.4 Å². The van der Waals surface area contributed by atoms with Crippen molar-refractivity contribution in [3.05, 3.63) is 36.4 Å². The van der Waals surface area contributed by atoms with Crippen LogP contribution in [0.15, 0.2) is 30.9 Å². The Morgan fingerprint density at radius 3 is 2.80 bits per heavy atom. The zero-order chi connectivity index (χ0) is 18.0. The predicted molar refractivity (Wildman–Crippen MR) is 89.4 cm³/mol. The molecule has 3 heterocycles. The smallest absolute Gasteiger partial charge is 0.308 e. The summed E-state index contributed by atoms with van der Waals surface area (Å²) in [4.78, 5) is 26.0. The van der Waals surface area contributed by atoms with Crippen molar-refractivity contribution in [3.63, 3.8) is 0 Å². The lowest BCUT2D eigenvalue weighted by molar-refractivity contribution is -0.152. The van der Waals surface area contributed by atoms with Crippen molar-refractivity contribution < 1.29 is 14.7 Å². The molecule has 8 nitrogen and oxygen atoms in total. The normalized spacial score (nSPS) is 22.2. The minimum Gasteiger partial charge on any atom is -0.481 e. The Labute approximate surface area is 146 Å². The molecule has 3 atom stereocenters. The van der Waals surface area contributed by atoms with Crippen molar-refractivity contribution in [1.82, 2.24) is 24.5 Å². The van der Waals surface area contributed by atoms with Gasteiger partial charge >= 0.3 is 5.97 Å². The van der Waals surface area contributed by atoms with Gasteiger partial charge in [0.15, 0.2) is 0 Å². The van der Waals surface area contributed by atoms with E-state index in [2.05, 4.69) is 10.2 Å². The molecule has 0 aliphatic carbocycles. The lowest BCUT2D eigenvalue weighted by atomic mass is 9.85. The second kappa shape index (κ2) is 7.08. The van der Waals surface area contributed by atoms with Gasteiger partial charge in [0.1, 0.15) is 0 Å². The molecule has 1 saturated heterocycles. The second-order valence-corrected chi connectivity index (χ2v) is 6.75. The van der Waals surface area contributed by atoms with Crippen LogP contribution in [0.2, 0.25) is 0 Å². The number of carbonyl (C=O) groups is 2. The number of aromatic nitrogens is 4. The van der Waals surface area contributed by atoms with Gasteiger partial charge in [-0.1, -0.05) is 6.92 Å². The van der Waals surface area contributed by atoms with Gasteiger partial charge in [0.05, 0.1) is 18.2 Å². The molecule has 2 aromatic heterocycles. The van der Waals surface area contributed by atoms with Crippen LogP contribution in [0.4, 0.5) is 0 Å². The first-order valence-corrected chi connectivity index (χ1v) is 8.44. The molecule has 1 N–H and O–H groups in total.